The van der Waals surface area contributed by atoms with Gasteiger partial charge < -0.3 is 9.52 Å². The average Bonchev–Trinajstić information content (AvgIpc) is 2.45. The van der Waals surface area contributed by atoms with Gasteiger partial charge in [-0.3, -0.25) is 0 Å². The maximum absolute atomic E-state index is 13.2. The number of fused-ring (bicyclic) bond motifs is 1. The highest BCUT2D eigenvalue weighted by atomic mass is 79.9. The fraction of sp³-hybridized carbons (Fsp3) is 0. The molecular formula is C9H4BrFO3. The lowest BCUT2D eigenvalue weighted by Crippen LogP contribution is -1.93. The van der Waals surface area contributed by atoms with E-state index < -0.39 is 11.8 Å². The van der Waals surface area contributed by atoms with Crippen molar-refractivity contribution in [2.75, 3.05) is 0 Å². The van der Waals surface area contributed by atoms with Crippen LogP contribution in [0, 0.1) is 5.82 Å². The van der Waals surface area contributed by atoms with E-state index >= 15 is 0 Å². The SMILES string of the molecule is O=C(O)c1oc2cccc(F)c2c1Br. The van der Waals surface area contributed by atoms with E-state index in [2.05, 4.69) is 15.9 Å². The number of furan rings is 1. The first-order chi connectivity index (χ1) is 6.61. The predicted octanol–water partition coefficient (Wildman–Crippen LogP) is 3.03. The minimum absolute atomic E-state index is 0.137. The van der Waals surface area contributed by atoms with Crippen LogP contribution < -0.4 is 0 Å². The molecule has 0 radical (unpaired) electrons. The molecule has 14 heavy (non-hydrogen) atoms. The van der Waals surface area contributed by atoms with Crippen LogP contribution >= 0.6 is 15.9 Å². The zero-order valence-electron chi connectivity index (χ0n) is 6.75. The molecule has 72 valence electrons. The molecule has 5 heteroatoms. The molecule has 0 amide bonds. The Hall–Kier alpha value is -1.36. The van der Waals surface area contributed by atoms with E-state index in [1.54, 1.807) is 0 Å². The van der Waals surface area contributed by atoms with Crippen LogP contribution in [0.2, 0.25) is 0 Å². The Morgan fingerprint density at radius 3 is 2.79 bits per heavy atom. The first-order valence-electron chi connectivity index (χ1n) is 3.71. The third-order valence-electron chi connectivity index (χ3n) is 1.80. The summed E-state index contributed by atoms with van der Waals surface area (Å²) < 4.78 is 18.3. The van der Waals surface area contributed by atoms with Gasteiger partial charge in [-0.25, -0.2) is 9.18 Å². The van der Waals surface area contributed by atoms with E-state index in [-0.39, 0.29) is 21.2 Å². The van der Waals surface area contributed by atoms with Gasteiger partial charge >= 0.3 is 5.97 Å². The number of rotatable bonds is 1. The summed E-state index contributed by atoms with van der Waals surface area (Å²) >= 11 is 2.99. The highest BCUT2D eigenvalue weighted by Crippen LogP contribution is 2.32. The second-order valence-electron chi connectivity index (χ2n) is 2.66. The van der Waals surface area contributed by atoms with E-state index in [4.69, 9.17) is 9.52 Å². The third kappa shape index (κ3) is 1.21. The summed E-state index contributed by atoms with van der Waals surface area (Å²) in [4.78, 5) is 10.7. The molecule has 1 aromatic carbocycles. The zero-order valence-corrected chi connectivity index (χ0v) is 8.34. The number of halogens is 2. The number of carbonyl (C=O) groups is 1. The van der Waals surface area contributed by atoms with Crippen molar-refractivity contribution in [3.05, 3.63) is 34.2 Å². The van der Waals surface area contributed by atoms with Crippen LogP contribution in [0.3, 0.4) is 0 Å². The summed E-state index contributed by atoms with van der Waals surface area (Å²) in [6.45, 7) is 0. The number of benzene rings is 1. The van der Waals surface area contributed by atoms with E-state index in [1.807, 2.05) is 0 Å². The Morgan fingerprint density at radius 2 is 2.21 bits per heavy atom. The van der Waals surface area contributed by atoms with Crippen LogP contribution in [0.5, 0.6) is 0 Å². The lowest BCUT2D eigenvalue weighted by Gasteiger charge is -1.89. The standard InChI is InChI=1S/C9H4BrFO3/c10-7-6-4(11)2-1-3-5(6)14-8(7)9(12)13/h1-3H,(H,12,13). The number of hydrogen-bond donors (Lipinski definition) is 1. The molecule has 0 bridgehead atoms. The molecule has 0 saturated heterocycles. The van der Waals surface area contributed by atoms with Gasteiger partial charge in [-0.05, 0) is 28.1 Å². The lowest BCUT2D eigenvalue weighted by molar-refractivity contribution is 0.0663. The summed E-state index contributed by atoms with van der Waals surface area (Å²) in [6.07, 6.45) is 0. The van der Waals surface area contributed by atoms with Crippen LogP contribution in [0.15, 0.2) is 27.1 Å². The molecule has 0 spiro atoms. The smallest absolute Gasteiger partial charge is 0.373 e. The van der Waals surface area contributed by atoms with Crippen molar-refractivity contribution in [1.29, 1.82) is 0 Å². The Labute approximate surface area is 86.3 Å². The maximum atomic E-state index is 13.2. The molecule has 1 N–H and O–H groups in total. The molecular weight excluding hydrogens is 255 g/mol. The molecule has 0 atom stereocenters. The molecule has 2 rings (SSSR count). The van der Waals surface area contributed by atoms with Crippen molar-refractivity contribution in [2.45, 2.75) is 0 Å². The fourth-order valence-electron chi connectivity index (χ4n) is 1.21. The Kier molecular flexibility index (Phi) is 2.03. The van der Waals surface area contributed by atoms with E-state index in [0.717, 1.165) is 0 Å². The molecule has 0 unspecified atom stereocenters. The third-order valence-corrected chi connectivity index (χ3v) is 2.56. The highest BCUT2D eigenvalue weighted by Gasteiger charge is 2.19. The van der Waals surface area contributed by atoms with Crippen molar-refractivity contribution >= 4 is 32.9 Å². The fourth-order valence-corrected chi connectivity index (χ4v) is 1.84. The molecule has 1 heterocycles. The largest absolute Gasteiger partial charge is 0.475 e. The van der Waals surface area contributed by atoms with Crippen molar-refractivity contribution in [3.63, 3.8) is 0 Å². The normalized spacial score (nSPS) is 10.7. The summed E-state index contributed by atoms with van der Waals surface area (Å²) in [5.74, 6) is -2.02. The molecule has 0 aliphatic rings. The molecule has 0 aliphatic carbocycles. The number of aromatic carboxylic acids is 1. The van der Waals surface area contributed by atoms with Crippen molar-refractivity contribution in [2.24, 2.45) is 0 Å². The topological polar surface area (TPSA) is 50.4 Å². The van der Waals surface area contributed by atoms with Gasteiger partial charge in [-0.1, -0.05) is 6.07 Å². The average molecular weight is 259 g/mol. The lowest BCUT2D eigenvalue weighted by atomic mass is 10.2. The highest BCUT2D eigenvalue weighted by molar-refractivity contribution is 9.10. The molecule has 2 aromatic rings. The summed E-state index contributed by atoms with van der Waals surface area (Å²) in [5.41, 5.74) is 0.217. The van der Waals surface area contributed by atoms with Gasteiger partial charge in [0.15, 0.2) is 0 Å². The first-order valence-corrected chi connectivity index (χ1v) is 4.50. The second kappa shape index (κ2) is 3.09. The number of carboxylic acids is 1. The van der Waals surface area contributed by atoms with Crippen molar-refractivity contribution < 1.29 is 18.7 Å². The van der Waals surface area contributed by atoms with Crippen molar-refractivity contribution in [3.8, 4) is 0 Å². The Balaban J connectivity index is 2.87. The molecule has 3 nitrogen and oxygen atoms in total. The van der Waals surface area contributed by atoms with Gasteiger partial charge in [0, 0.05) is 0 Å². The summed E-state index contributed by atoms with van der Waals surface area (Å²) in [7, 11) is 0. The van der Waals surface area contributed by atoms with Crippen molar-refractivity contribution in [1.82, 2.24) is 0 Å². The number of carboxylic acid groups (broad SMARTS) is 1. The van der Waals surface area contributed by atoms with Crippen LogP contribution in [0.1, 0.15) is 10.6 Å². The van der Waals surface area contributed by atoms with Crippen LogP contribution in [0.25, 0.3) is 11.0 Å². The Bertz CT molecular complexity index is 518. The van der Waals surface area contributed by atoms with E-state index in [1.165, 1.54) is 18.2 Å². The summed E-state index contributed by atoms with van der Waals surface area (Å²) in [5, 5.41) is 8.87. The quantitative estimate of drug-likeness (QED) is 0.856. The summed E-state index contributed by atoms with van der Waals surface area (Å²) in [6, 6.07) is 4.21. The van der Waals surface area contributed by atoms with Gasteiger partial charge in [0.1, 0.15) is 11.4 Å². The van der Waals surface area contributed by atoms with Crippen LogP contribution in [-0.2, 0) is 0 Å². The number of hydrogen-bond acceptors (Lipinski definition) is 2. The first kappa shape index (κ1) is 9.21. The van der Waals surface area contributed by atoms with Crippen LogP contribution in [-0.4, -0.2) is 11.1 Å². The monoisotopic (exact) mass is 258 g/mol. The maximum Gasteiger partial charge on any atom is 0.373 e. The molecule has 0 fully saturated rings. The molecule has 0 aliphatic heterocycles. The zero-order chi connectivity index (χ0) is 10.3. The molecule has 1 aromatic heterocycles. The van der Waals surface area contributed by atoms with Gasteiger partial charge in [0.2, 0.25) is 5.76 Å². The van der Waals surface area contributed by atoms with E-state index in [0.29, 0.717) is 0 Å². The minimum atomic E-state index is -1.23. The van der Waals surface area contributed by atoms with Crippen LogP contribution in [0.4, 0.5) is 4.39 Å². The van der Waals surface area contributed by atoms with Gasteiger partial charge in [-0.15, -0.1) is 0 Å². The molecule has 0 saturated carbocycles. The second-order valence-corrected chi connectivity index (χ2v) is 3.46. The van der Waals surface area contributed by atoms with E-state index in [9.17, 15) is 9.18 Å². The Morgan fingerprint density at radius 1 is 1.50 bits per heavy atom. The minimum Gasteiger partial charge on any atom is -0.475 e. The van der Waals surface area contributed by atoms with Gasteiger partial charge in [-0.2, -0.15) is 0 Å². The predicted molar refractivity (Wildman–Crippen MR) is 50.8 cm³/mol. The van der Waals surface area contributed by atoms with Gasteiger partial charge in [0.25, 0.3) is 0 Å². The van der Waals surface area contributed by atoms with Gasteiger partial charge in [0.05, 0.1) is 9.86 Å².